The Morgan fingerprint density at radius 3 is 2.52 bits per heavy atom. The van der Waals surface area contributed by atoms with Crippen LogP contribution in [-0.2, 0) is 6.42 Å². The van der Waals surface area contributed by atoms with Crippen LogP contribution in [0.3, 0.4) is 0 Å². The van der Waals surface area contributed by atoms with Crippen LogP contribution < -0.4 is 15.4 Å². The highest BCUT2D eigenvalue weighted by molar-refractivity contribution is 5.89. The molecule has 0 saturated carbocycles. The lowest BCUT2D eigenvalue weighted by atomic mass is 10.1. The van der Waals surface area contributed by atoms with E-state index in [1.54, 1.807) is 0 Å². The van der Waals surface area contributed by atoms with Gasteiger partial charge in [-0.3, -0.25) is 0 Å². The second-order valence-electron chi connectivity index (χ2n) is 5.38. The van der Waals surface area contributed by atoms with Gasteiger partial charge in [-0.25, -0.2) is 4.79 Å². The summed E-state index contributed by atoms with van der Waals surface area (Å²) in [5.74, 6) is 0.744. The first-order valence-corrected chi connectivity index (χ1v) is 8.01. The molecule has 0 aliphatic carbocycles. The van der Waals surface area contributed by atoms with Crippen molar-refractivity contribution in [2.75, 3.05) is 11.9 Å². The summed E-state index contributed by atoms with van der Waals surface area (Å²) < 4.78 is 5.43. The molecule has 1 unspecified atom stereocenters. The van der Waals surface area contributed by atoms with Crippen LogP contribution in [0.4, 0.5) is 10.5 Å². The number of amides is 2. The molecule has 0 spiro atoms. The van der Waals surface area contributed by atoms with Crippen molar-refractivity contribution < 1.29 is 9.53 Å². The van der Waals surface area contributed by atoms with Crippen molar-refractivity contribution >= 4 is 11.7 Å². The number of aryl methyl sites for hydroxylation is 1. The number of hydrogen-bond acceptors (Lipinski definition) is 2. The Labute approximate surface area is 137 Å². The van der Waals surface area contributed by atoms with Crippen molar-refractivity contribution in [3.63, 3.8) is 0 Å². The van der Waals surface area contributed by atoms with Crippen LogP contribution in [0.25, 0.3) is 0 Å². The third kappa shape index (κ3) is 5.02. The lowest BCUT2D eigenvalue weighted by molar-refractivity contribution is 0.249. The third-order valence-corrected chi connectivity index (χ3v) is 3.64. The van der Waals surface area contributed by atoms with Gasteiger partial charge in [0.2, 0.25) is 0 Å². The highest BCUT2D eigenvalue weighted by Crippen LogP contribution is 2.18. The molecule has 4 heteroatoms. The maximum Gasteiger partial charge on any atom is 0.319 e. The minimum atomic E-state index is -0.231. The number of hydrogen-bond donors (Lipinski definition) is 2. The van der Waals surface area contributed by atoms with Crippen LogP contribution in [0.5, 0.6) is 5.75 Å². The zero-order valence-electron chi connectivity index (χ0n) is 13.9. The van der Waals surface area contributed by atoms with Crippen molar-refractivity contribution in [3.05, 3.63) is 59.7 Å². The summed E-state index contributed by atoms with van der Waals surface area (Å²) >= 11 is 0. The van der Waals surface area contributed by atoms with Gasteiger partial charge in [-0.05, 0) is 43.5 Å². The van der Waals surface area contributed by atoms with E-state index in [1.165, 1.54) is 5.56 Å². The first kappa shape index (κ1) is 16.9. The topological polar surface area (TPSA) is 50.4 Å². The van der Waals surface area contributed by atoms with Gasteiger partial charge in [-0.2, -0.15) is 0 Å². The molecular weight excluding hydrogens is 288 g/mol. The fraction of sp³-hybridized carbons (Fsp3) is 0.316. The first-order chi connectivity index (χ1) is 11.1. The Morgan fingerprint density at radius 1 is 1.13 bits per heavy atom. The molecule has 23 heavy (non-hydrogen) atoms. The van der Waals surface area contributed by atoms with Crippen molar-refractivity contribution in [1.29, 1.82) is 0 Å². The lowest BCUT2D eigenvalue weighted by Gasteiger charge is -2.16. The van der Waals surface area contributed by atoms with E-state index in [4.69, 9.17) is 4.74 Å². The minimum Gasteiger partial charge on any atom is -0.494 e. The van der Waals surface area contributed by atoms with Gasteiger partial charge in [0, 0.05) is 11.8 Å². The fourth-order valence-electron chi connectivity index (χ4n) is 2.32. The van der Waals surface area contributed by atoms with Gasteiger partial charge in [0.05, 0.1) is 12.6 Å². The van der Waals surface area contributed by atoms with E-state index < -0.39 is 0 Å². The predicted octanol–water partition coefficient (Wildman–Crippen LogP) is 4.53. The number of rotatable bonds is 6. The highest BCUT2D eigenvalue weighted by Gasteiger charge is 2.09. The van der Waals surface area contributed by atoms with E-state index >= 15 is 0 Å². The first-order valence-electron chi connectivity index (χ1n) is 8.01. The summed E-state index contributed by atoms with van der Waals surface area (Å²) in [5.41, 5.74) is 3.08. The van der Waals surface area contributed by atoms with Gasteiger partial charge < -0.3 is 15.4 Å². The average Bonchev–Trinajstić information content (AvgIpc) is 2.55. The van der Waals surface area contributed by atoms with Crippen LogP contribution >= 0.6 is 0 Å². The van der Waals surface area contributed by atoms with Crippen LogP contribution in [0.1, 0.15) is 37.9 Å². The normalized spacial score (nSPS) is 11.6. The van der Waals surface area contributed by atoms with Crippen LogP contribution in [0.15, 0.2) is 48.5 Å². The predicted molar refractivity (Wildman–Crippen MR) is 94.0 cm³/mol. The molecule has 2 amide bonds. The molecular formula is C19H24N2O2. The maximum absolute atomic E-state index is 12.1. The third-order valence-electron chi connectivity index (χ3n) is 3.64. The van der Waals surface area contributed by atoms with Crippen molar-refractivity contribution in [1.82, 2.24) is 5.32 Å². The van der Waals surface area contributed by atoms with Gasteiger partial charge in [-0.1, -0.05) is 37.3 Å². The SMILES string of the molecule is CCOc1cccc(NC(=O)NC(C)c2ccc(CC)cc2)c1. The molecule has 1 atom stereocenters. The number of ether oxygens (including phenoxy) is 1. The fourth-order valence-corrected chi connectivity index (χ4v) is 2.32. The van der Waals surface area contributed by atoms with Gasteiger partial charge >= 0.3 is 6.03 Å². The molecule has 2 rings (SSSR count). The second kappa shape index (κ2) is 8.22. The molecule has 0 aromatic heterocycles. The van der Waals surface area contributed by atoms with E-state index in [0.29, 0.717) is 12.3 Å². The molecule has 0 heterocycles. The second-order valence-corrected chi connectivity index (χ2v) is 5.38. The Balaban J connectivity index is 1.94. The summed E-state index contributed by atoms with van der Waals surface area (Å²) in [5, 5.41) is 5.78. The minimum absolute atomic E-state index is 0.0593. The van der Waals surface area contributed by atoms with E-state index in [0.717, 1.165) is 17.7 Å². The van der Waals surface area contributed by atoms with Gasteiger partial charge in [-0.15, -0.1) is 0 Å². The summed E-state index contributed by atoms with van der Waals surface area (Å²) in [6.07, 6.45) is 1.01. The van der Waals surface area contributed by atoms with Gasteiger partial charge in [0.25, 0.3) is 0 Å². The van der Waals surface area contributed by atoms with E-state index in [9.17, 15) is 4.79 Å². The molecule has 0 bridgehead atoms. The monoisotopic (exact) mass is 312 g/mol. The largest absolute Gasteiger partial charge is 0.494 e. The molecule has 2 aromatic rings. The number of anilines is 1. The molecule has 0 aliphatic rings. The number of nitrogens with one attached hydrogen (secondary N) is 2. The molecule has 4 nitrogen and oxygen atoms in total. The van der Waals surface area contributed by atoms with Crippen molar-refractivity contribution in [2.45, 2.75) is 33.2 Å². The number of urea groups is 1. The Hall–Kier alpha value is -2.49. The van der Waals surface area contributed by atoms with Crippen molar-refractivity contribution in [3.8, 4) is 5.75 Å². The summed E-state index contributed by atoms with van der Waals surface area (Å²) in [6.45, 7) is 6.62. The number of carbonyl (C=O) groups excluding carboxylic acids is 1. The van der Waals surface area contributed by atoms with Gasteiger partial charge in [0.15, 0.2) is 0 Å². The summed E-state index contributed by atoms with van der Waals surface area (Å²) in [6, 6.07) is 15.4. The lowest BCUT2D eigenvalue weighted by Crippen LogP contribution is -2.31. The van der Waals surface area contributed by atoms with E-state index in [2.05, 4.69) is 41.8 Å². The zero-order valence-corrected chi connectivity index (χ0v) is 13.9. The Morgan fingerprint density at radius 2 is 1.87 bits per heavy atom. The molecule has 2 N–H and O–H groups in total. The van der Waals surface area contributed by atoms with Crippen molar-refractivity contribution in [2.24, 2.45) is 0 Å². The summed E-state index contributed by atoms with van der Waals surface area (Å²) in [7, 11) is 0. The van der Waals surface area contributed by atoms with Crippen LogP contribution in [0, 0.1) is 0 Å². The summed E-state index contributed by atoms with van der Waals surface area (Å²) in [4.78, 5) is 12.1. The Kier molecular flexibility index (Phi) is 6.03. The molecule has 0 radical (unpaired) electrons. The Bertz CT molecular complexity index is 638. The molecule has 0 fully saturated rings. The maximum atomic E-state index is 12.1. The van der Waals surface area contributed by atoms with E-state index in [-0.39, 0.29) is 12.1 Å². The molecule has 0 aliphatic heterocycles. The highest BCUT2D eigenvalue weighted by atomic mass is 16.5. The number of benzene rings is 2. The van der Waals surface area contributed by atoms with Crippen LogP contribution in [-0.4, -0.2) is 12.6 Å². The molecule has 122 valence electrons. The van der Waals surface area contributed by atoms with E-state index in [1.807, 2.05) is 38.1 Å². The zero-order chi connectivity index (χ0) is 16.7. The standard InChI is InChI=1S/C19H24N2O2/c1-4-15-9-11-16(12-10-15)14(3)20-19(22)21-17-7-6-8-18(13-17)23-5-2/h6-14H,4-5H2,1-3H3,(H2,20,21,22). The quantitative estimate of drug-likeness (QED) is 0.823. The average molecular weight is 312 g/mol. The molecule has 2 aromatic carbocycles. The smallest absolute Gasteiger partial charge is 0.319 e. The molecule has 0 saturated heterocycles. The van der Waals surface area contributed by atoms with Crippen LogP contribution in [0.2, 0.25) is 0 Å². The van der Waals surface area contributed by atoms with Gasteiger partial charge in [0.1, 0.15) is 5.75 Å². The number of carbonyl (C=O) groups is 1.